The molecule has 1 fully saturated rings. The molecule has 1 aromatic heterocycles. The Labute approximate surface area is 129 Å². The second-order valence-electron chi connectivity index (χ2n) is 6.89. The summed E-state index contributed by atoms with van der Waals surface area (Å²) in [5, 5.41) is 2.46. The molecule has 2 heterocycles. The molecule has 0 bridgehead atoms. The van der Waals surface area contributed by atoms with Crippen molar-refractivity contribution in [3.63, 3.8) is 0 Å². The Hall–Kier alpha value is -1.00. The van der Waals surface area contributed by atoms with Crippen LogP contribution in [0.2, 0.25) is 0 Å². The lowest BCUT2D eigenvalue weighted by Crippen LogP contribution is -2.91. The molecule has 0 unspecified atom stereocenters. The van der Waals surface area contributed by atoms with Crippen molar-refractivity contribution in [1.29, 1.82) is 0 Å². The quantitative estimate of drug-likeness (QED) is 0.421. The molecule has 4 heteroatoms. The molecule has 1 saturated heterocycles. The Balaban J connectivity index is 1.49. The fourth-order valence-electron chi connectivity index (χ4n) is 3.21. The summed E-state index contributed by atoms with van der Waals surface area (Å²) in [6, 6.07) is 2.14. The van der Waals surface area contributed by atoms with E-state index in [0.29, 0.717) is 0 Å². The van der Waals surface area contributed by atoms with Crippen molar-refractivity contribution >= 4 is 0 Å². The van der Waals surface area contributed by atoms with Crippen LogP contribution in [0.15, 0.2) is 18.6 Å². The highest BCUT2D eigenvalue weighted by atomic mass is 15.4. The molecular weight excluding hydrogens is 260 g/mol. The molecule has 0 aliphatic carbocycles. The van der Waals surface area contributed by atoms with Crippen molar-refractivity contribution in [2.75, 3.05) is 39.8 Å². The van der Waals surface area contributed by atoms with Gasteiger partial charge >= 0.3 is 0 Å². The second kappa shape index (κ2) is 8.44. The van der Waals surface area contributed by atoms with Crippen molar-refractivity contribution in [3.8, 4) is 0 Å². The van der Waals surface area contributed by atoms with Gasteiger partial charge in [0.15, 0.2) is 5.69 Å². The van der Waals surface area contributed by atoms with Gasteiger partial charge in [0.2, 0.25) is 0 Å². The third-order valence-corrected chi connectivity index (χ3v) is 4.78. The highest BCUT2D eigenvalue weighted by molar-refractivity contribution is 4.94. The average Bonchev–Trinajstić information content (AvgIpc) is 2.49. The SMILES string of the molecule is C[n+]1ccc(CCCCCCC[N+]2(C)CC[NH2+]CC2)nc1. The van der Waals surface area contributed by atoms with Gasteiger partial charge in [0.25, 0.3) is 6.33 Å². The number of piperazine rings is 1. The number of nitrogens with two attached hydrogens (primary N) is 1. The zero-order valence-corrected chi connectivity index (χ0v) is 13.9. The van der Waals surface area contributed by atoms with Gasteiger partial charge in [0.05, 0.1) is 26.8 Å². The number of aromatic nitrogens is 2. The molecule has 1 aliphatic heterocycles. The smallest absolute Gasteiger partial charge is 0.286 e. The van der Waals surface area contributed by atoms with Gasteiger partial charge in [-0.15, -0.1) is 0 Å². The monoisotopic (exact) mass is 293 g/mol. The maximum absolute atomic E-state index is 4.44. The van der Waals surface area contributed by atoms with Crippen LogP contribution in [0.25, 0.3) is 0 Å². The maximum atomic E-state index is 4.44. The van der Waals surface area contributed by atoms with Crippen LogP contribution in [0, 0.1) is 0 Å². The Morgan fingerprint density at radius 3 is 2.57 bits per heavy atom. The molecule has 2 N–H and O–H groups in total. The molecule has 0 radical (unpaired) electrons. The van der Waals surface area contributed by atoms with E-state index in [1.807, 2.05) is 17.9 Å². The first-order valence-electron chi connectivity index (χ1n) is 8.63. The van der Waals surface area contributed by atoms with Crippen LogP contribution in [0.1, 0.15) is 37.8 Å². The van der Waals surface area contributed by atoms with Gasteiger partial charge in [-0.3, -0.25) is 0 Å². The molecule has 21 heavy (non-hydrogen) atoms. The highest BCUT2D eigenvalue weighted by Gasteiger charge is 2.25. The minimum atomic E-state index is 1.13. The number of hydrogen-bond donors (Lipinski definition) is 1. The largest absolute Gasteiger partial charge is 0.337 e. The Morgan fingerprint density at radius 1 is 1.14 bits per heavy atom. The Morgan fingerprint density at radius 2 is 1.86 bits per heavy atom. The molecule has 0 atom stereocenters. The normalized spacial score (nSPS) is 17.8. The number of unbranched alkanes of at least 4 members (excludes halogenated alkanes) is 4. The second-order valence-corrected chi connectivity index (χ2v) is 6.89. The molecule has 0 saturated carbocycles. The number of hydrogen-bond acceptors (Lipinski definition) is 1. The molecule has 0 amide bonds. The molecule has 4 nitrogen and oxygen atoms in total. The van der Waals surface area contributed by atoms with Crippen molar-refractivity contribution in [3.05, 3.63) is 24.3 Å². The predicted molar refractivity (Wildman–Crippen MR) is 84.6 cm³/mol. The minimum Gasteiger partial charge on any atom is -0.337 e. The molecule has 0 aromatic carbocycles. The molecule has 1 aliphatic rings. The number of quaternary nitrogens is 2. The van der Waals surface area contributed by atoms with Crippen LogP contribution in [0.4, 0.5) is 0 Å². The van der Waals surface area contributed by atoms with E-state index >= 15 is 0 Å². The van der Waals surface area contributed by atoms with E-state index < -0.39 is 0 Å². The number of likely N-dealkylation sites (N-methyl/N-ethyl adjacent to an activating group) is 1. The van der Waals surface area contributed by atoms with Gasteiger partial charge in [0, 0.05) is 12.5 Å². The third kappa shape index (κ3) is 6.10. The van der Waals surface area contributed by atoms with E-state index in [2.05, 4.69) is 29.6 Å². The Kier molecular flexibility index (Phi) is 6.58. The van der Waals surface area contributed by atoms with Crippen LogP contribution in [0.5, 0.6) is 0 Å². The first-order valence-corrected chi connectivity index (χ1v) is 8.63. The summed E-state index contributed by atoms with van der Waals surface area (Å²) in [5.74, 6) is 0. The van der Waals surface area contributed by atoms with Crippen molar-refractivity contribution in [2.24, 2.45) is 7.05 Å². The van der Waals surface area contributed by atoms with Crippen molar-refractivity contribution < 1.29 is 14.4 Å². The number of aryl methyl sites for hydroxylation is 2. The van der Waals surface area contributed by atoms with Crippen LogP contribution in [-0.4, -0.2) is 49.2 Å². The fourth-order valence-corrected chi connectivity index (χ4v) is 3.21. The average molecular weight is 293 g/mol. The summed E-state index contributed by atoms with van der Waals surface area (Å²) in [4.78, 5) is 4.44. The van der Waals surface area contributed by atoms with Crippen molar-refractivity contribution in [2.45, 2.75) is 38.5 Å². The molecule has 2 rings (SSSR count). The molecular formula is C17H33N4+3. The van der Waals surface area contributed by atoms with E-state index in [-0.39, 0.29) is 0 Å². The van der Waals surface area contributed by atoms with E-state index in [9.17, 15) is 0 Å². The van der Waals surface area contributed by atoms with Crippen LogP contribution in [-0.2, 0) is 13.5 Å². The van der Waals surface area contributed by atoms with E-state index in [0.717, 1.165) is 6.42 Å². The van der Waals surface area contributed by atoms with Crippen LogP contribution < -0.4 is 9.88 Å². The first-order chi connectivity index (χ1) is 10.2. The summed E-state index contributed by atoms with van der Waals surface area (Å²) >= 11 is 0. The summed E-state index contributed by atoms with van der Waals surface area (Å²) in [5.41, 5.74) is 1.23. The lowest BCUT2D eigenvalue weighted by atomic mass is 10.1. The van der Waals surface area contributed by atoms with Gasteiger partial charge in [-0.1, -0.05) is 17.8 Å². The number of rotatable bonds is 8. The topological polar surface area (TPSA) is 33.4 Å². The lowest BCUT2D eigenvalue weighted by molar-refractivity contribution is -0.952. The molecule has 0 spiro atoms. The standard InChI is InChI=1S/C17H32N4/c1-20-12-9-17(19-16-20)8-6-4-3-5-7-13-21(2)14-10-18-11-15-21/h9,12,16,18H,3-8,10-11,13-15H2,1-2H3/q+2/p+1. The minimum absolute atomic E-state index is 1.13. The number of nitrogens with zero attached hydrogens (tertiary/aromatic N) is 3. The summed E-state index contributed by atoms with van der Waals surface area (Å²) in [7, 11) is 4.45. The van der Waals surface area contributed by atoms with Gasteiger partial charge in [-0.2, -0.15) is 0 Å². The summed E-state index contributed by atoms with van der Waals surface area (Å²) < 4.78 is 3.30. The molecule has 1 aromatic rings. The van der Waals surface area contributed by atoms with Gasteiger partial charge in [-0.05, 0) is 19.3 Å². The fraction of sp³-hybridized carbons (Fsp3) is 0.765. The lowest BCUT2D eigenvalue weighted by Gasteiger charge is -2.36. The van der Waals surface area contributed by atoms with Gasteiger partial charge in [0.1, 0.15) is 26.2 Å². The molecule has 118 valence electrons. The van der Waals surface area contributed by atoms with Gasteiger partial charge in [-0.25, -0.2) is 4.57 Å². The highest BCUT2D eigenvalue weighted by Crippen LogP contribution is 2.10. The third-order valence-electron chi connectivity index (χ3n) is 4.78. The van der Waals surface area contributed by atoms with Gasteiger partial charge < -0.3 is 9.80 Å². The first kappa shape index (κ1) is 16.4. The van der Waals surface area contributed by atoms with Crippen molar-refractivity contribution in [1.82, 2.24) is 4.98 Å². The van der Waals surface area contributed by atoms with E-state index in [4.69, 9.17) is 0 Å². The maximum Gasteiger partial charge on any atom is 0.286 e. The van der Waals surface area contributed by atoms with E-state index in [1.165, 1.54) is 75.0 Å². The zero-order chi connectivity index (χ0) is 15.0. The summed E-state index contributed by atoms with van der Waals surface area (Å²) in [6.45, 7) is 6.73. The zero-order valence-electron chi connectivity index (χ0n) is 13.9. The predicted octanol–water partition coefficient (Wildman–Crippen LogP) is 0.423. The van der Waals surface area contributed by atoms with Crippen LogP contribution in [0.3, 0.4) is 0 Å². The summed E-state index contributed by atoms with van der Waals surface area (Å²) in [6.07, 6.45) is 11.9. The van der Waals surface area contributed by atoms with Crippen LogP contribution >= 0.6 is 0 Å². The van der Waals surface area contributed by atoms with E-state index in [1.54, 1.807) is 0 Å². The Bertz CT molecular complexity index is 396.